The third kappa shape index (κ3) is 5.24. The van der Waals surface area contributed by atoms with Crippen LogP contribution in [0.1, 0.15) is 38.5 Å². The normalized spacial score (nSPS) is 21.6. The van der Waals surface area contributed by atoms with Crippen molar-refractivity contribution in [3.63, 3.8) is 0 Å². The average molecular weight is 430 g/mol. The lowest BCUT2D eigenvalue weighted by molar-refractivity contribution is 0.190. The van der Waals surface area contributed by atoms with E-state index in [2.05, 4.69) is 10.0 Å². The minimum absolute atomic E-state index is 0.229. The Hall–Kier alpha value is -1.65. The number of hydrogen-bond donors (Lipinski definition) is 2. The van der Waals surface area contributed by atoms with Gasteiger partial charge in [0.15, 0.2) is 9.84 Å². The van der Waals surface area contributed by atoms with Crippen molar-refractivity contribution in [3.8, 4) is 0 Å². The molecule has 1 aliphatic carbocycles. The summed E-state index contributed by atoms with van der Waals surface area (Å²) in [5.74, 6) is 0. The molecule has 10 heteroatoms. The number of carbonyl (C=O) groups is 1. The first kappa shape index (κ1) is 21.1. The molecule has 8 nitrogen and oxygen atoms in total. The molecule has 1 unspecified atom stereocenters. The number of nitrogens with one attached hydrogen (secondary N) is 2. The number of likely N-dealkylation sites (tertiary alicyclic amines) is 1. The lowest BCUT2D eigenvalue weighted by Gasteiger charge is -2.32. The Morgan fingerprint density at radius 2 is 1.79 bits per heavy atom. The molecule has 2 fully saturated rings. The number of hydrogen-bond acceptors (Lipinski definition) is 5. The van der Waals surface area contributed by atoms with Gasteiger partial charge in [-0.3, -0.25) is 0 Å². The molecule has 0 spiro atoms. The number of rotatable bonds is 5. The fourth-order valence-corrected chi connectivity index (χ4v) is 6.60. The first-order chi connectivity index (χ1) is 13.1. The molecule has 1 aliphatic heterocycles. The van der Waals surface area contributed by atoms with E-state index in [1.165, 1.54) is 6.07 Å². The van der Waals surface area contributed by atoms with Crippen molar-refractivity contribution in [2.45, 2.75) is 54.7 Å². The highest BCUT2D eigenvalue weighted by molar-refractivity contribution is 7.92. The molecule has 28 heavy (non-hydrogen) atoms. The van der Waals surface area contributed by atoms with Gasteiger partial charge in [0.2, 0.25) is 10.0 Å². The minimum Gasteiger partial charge on any atom is -0.323 e. The lowest BCUT2D eigenvalue weighted by Crippen LogP contribution is -2.50. The number of carbonyl (C=O) groups excluding carboxylic acids is 1. The molecule has 1 saturated carbocycles. The standard InChI is InChI=1S/C18H27N3O5S2/c1-27(23,24)20-15-7-5-11-21(13-15)18(22)19-14-6-4-10-17(12-14)28(25,26)16-8-2-3-9-16/h4,6,10,12,15-16,20H,2-3,5,7-9,11,13H2,1H3,(H,19,22). The van der Waals surface area contributed by atoms with E-state index in [0.717, 1.165) is 19.1 Å². The van der Waals surface area contributed by atoms with Crippen LogP contribution in [0, 0.1) is 0 Å². The molecular formula is C18H27N3O5S2. The zero-order chi connectivity index (χ0) is 20.4. The summed E-state index contributed by atoms with van der Waals surface area (Å²) in [5, 5.41) is 2.40. The number of amides is 2. The second-order valence-corrected chi connectivity index (χ2v) is 11.6. The van der Waals surface area contributed by atoms with E-state index in [9.17, 15) is 21.6 Å². The molecule has 2 aliphatic rings. The van der Waals surface area contributed by atoms with E-state index in [1.807, 2.05) is 0 Å². The van der Waals surface area contributed by atoms with Crippen molar-refractivity contribution in [3.05, 3.63) is 24.3 Å². The molecule has 0 radical (unpaired) electrons. The van der Waals surface area contributed by atoms with E-state index in [-0.39, 0.29) is 28.8 Å². The van der Waals surface area contributed by atoms with Crippen LogP contribution in [0.25, 0.3) is 0 Å². The first-order valence-corrected chi connectivity index (χ1v) is 13.0. The van der Waals surface area contributed by atoms with E-state index < -0.39 is 19.9 Å². The van der Waals surface area contributed by atoms with Crippen LogP contribution in [0.2, 0.25) is 0 Å². The van der Waals surface area contributed by atoms with Crippen LogP contribution in [0.4, 0.5) is 10.5 Å². The summed E-state index contributed by atoms with van der Waals surface area (Å²) in [7, 11) is -6.73. The number of nitrogens with zero attached hydrogens (tertiary/aromatic N) is 1. The number of urea groups is 1. The zero-order valence-corrected chi connectivity index (χ0v) is 17.6. The Morgan fingerprint density at radius 1 is 1.07 bits per heavy atom. The van der Waals surface area contributed by atoms with Gasteiger partial charge in [-0.2, -0.15) is 0 Å². The maximum atomic E-state index is 12.8. The minimum atomic E-state index is -3.39. The third-order valence-corrected chi connectivity index (χ3v) is 8.27. The monoisotopic (exact) mass is 429 g/mol. The summed E-state index contributed by atoms with van der Waals surface area (Å²) >= 11 is 0. The fourth-order valence-electron chi connectivity index (χ4n) is 3.91. The highest BCUT2D eigenvalue weighted by atomic mass is 32.2. The predicted octanol–water partition coefficient (Wildman–Crippen LogP) is 1.95. The van der Waals surface area contributed by atoms with Crippen LogP contribution in [-0.4, -0.2) is 58.4 Å². The van der Waals surface area contributed by atoms with Crippen molar-refractivity contribution in [2.24, 2.45) is 0 Å². The molecule has 156 valence electrons. The van der Waals surface area contributed by atoms with Crippen LogP contribution >= 0.6 is 0 Å². The summed E-state index contributed by atoms with van der Waals surface area (Å²) in [5.41, 5.74) is 0.419. The van der Waals surface area contributed by atoms with Crippen molar-refractivity contribution >= 4 is 31.6 Å². The Balaban J connectivity index is 1.67. The van der Waals surface area contributed by atoms with E-state index in [0.29, 0.717) is 37.9 Å². The second-order valence-electron chi connectivity index (χ2n) is 7.58. The topological polar surface area (TPSA) is 113 Å². The van der Waals surface area contributed by atoms with Crippen LogP contribution in [0.15, 0.2) is 29.2 Å². The van der Waals surface area contributed by atoms with Crippen LogP contribution in [0.5, 0.6) is 0 Å². The zero-order valence-electron chi connectivity index (χ0n) is 15.9. The number of sulfone groups is 1. The molecule has 3 rings (SSSR count). The Morgan fingerprint density at radius 3 is 2.46 bits per heavy atom. The van der Waals surface area contributed by atoms with Gasteiger partial charge in [0, 0.05) is 24.8 Å². The van der Waals surface area contributed by atoms with Gasteiger partial charge in [-0.05, 0) is 43.9 Å². The Labute approximate surface area is 166 Å². The summed E-state index contributed by atoms with van der Waals surface area (Å²) in [6, 6.07) is 5.67. The van der Waals surface area contributed by atoms with Crippen LogP contribution in [0.3, 0.4) is 0 Å². The second kappa shape index (κ2) is 8.38. The highest BCUT2D eigenvalue weighted by Crippen LogP contribution is 2.30. The van der Waals surface area contributed by atoms with Gasteiger partial charge in [-0.15, -0.1) is 0 Å². The van der Waals surface area contributed by atoms with Gasteiger partial charge >= 0.3 is 6.03 Å². The quantitative estimate of drug-likeness (QED) is 0.743. The predicted molar refractivity (Wildman–Crippen MR) is 107 cm³/mol. The number of sulfonamides is 1. The van der Waals surface area contributed by atoms with Crippen molar-refractivity contribution in [1.82, 2.24) is 9.62 Å². The molecule has 2 amide bonds. The van der Waals surface area contributed by atoms with Gasteiger partial charge in [0.1, 0.15) is 0 Å². The van der Waals surface area contributed by atoms with E-state index in [1.54, 1.807) is 23.1 Å². The maximum Gasteiger partial charge on any atom is 0.321 e. The molecule has 1 heterocycles. The van der Waals surface area contributed by atoms with Crippen LogP contribution < -0.4 is 10.0 Å². The molecule has 0 bridgehead atoms. The maximum absolute atomic E-state index is 12.8. The fraction of sp³-hybridized carbons (Fsp3) is 0.611. The Bertz CT molecular complexity index is 924. The number of anilines is 1. The van der Waals surface area contributed by atoms with Crippen LogP contribution in [-0.2, 0) is 19.9 Å². The molecule has 0 aromatic heterocycles. The van der Waals surface area contributed by atoms with E-state index in [4.69, 9.17) is 0 Å². The number of piperidine rings is 1. The first-order valence-electron chi connectivity index (χ1n) is 9.52. The molecule has 2 N–H and O–H groups in total. The third-order valence-electron chi connectivity index (χ3n) is 5.24. The molecule has 1 atom stereocenters. The van der Waals surface area contributed by atoms with E-state index >= 15 is 0 Å². The molecule has 1 saturated heterocycles. The number of benzene rings is 1. The summed E-state index contributed by atoms with van der Waals surface area (Å²) < 4.78 is 50.9. The molecule has 1 aromatic carbocycles. The highest BCUT2D eigenvalue weighted by Gasteiger charge is 2.30. The largest absolute Gasteiger partial charge is 0.323 e. The molecule has 1 aromatic rings. The summed E-state index contributed by atoms with van der Waals surface area (Å²) in [6.45, 7) is 0.798. The van der Waals surface area contributed by atoms with Gasteiger partial charge in [-0.1, -0.05) is 18.9 Å². The van der Waals surface area contributed by atoms with Gasteiger partial charge in [0.25, 0.3) is 0 Å². The molecular weight excluding hydrogens is 402 g/mol. The van der Waals surface area contributed by atoms with Crippen molar-refractivity contribution in [2.75, 3.05) is 24.7 Å². The van der Waals surface area contributed by atoms with Gasteiger partial charge < -0.3 is 10.2 Å². The summed E-state index contributed by atoms with van der Waals surface area (Å²) in [4.78, 5) is 14.4. The smallest absolute Gasteiger partial charge is 0.321 e. The van der Waals surface area contributed by atoms with Crippen molar-refractivity contribution in [1.29, 1.82) is 0 Å². The van der Waals surface area contributed by atoms with Gasteiger partial charge in [-0.25, -0.2) is 26.4 Å². The lowest BCUT2D eigenvalue weighted by atomic mass is 10.1. The average Bonchev–Trinajstić information content (AvgIpc) is 3.16. The van der Waals surface area contributed by atoms with Gasteiger partial charge in [0.05, 0.1) is 16.4 Å². The Kier molecular flexibility index (Phi) is 6.31. The van der Waals surface area contributed by atoms with Crippen molar-refractivity contribution < 1.29 is 21.6 Å². The summed E-state index contributed by atoms with van der Waals surface area (Å²) in [6.07, 6.45) is 5.68. The SMILES string of the molecule is CS(=O)(=O)NC1CCCN(C(=O)Nc2cccc(S(=O)(=O)C3CCCC3)c2)C1.